The maximum atomic E-state index is 12.5. The lowest BCUT2D eigenvalue weighted by Crippen LogP contribution is -2.59. The minimum atomic E-state index is -1.71. The summed E-state index contributed by atoms with van der Waals surface area (Å²) in [6.45, 7) is -0.594. The van der Waals surface area contributed by atoms with Gasteiger partial charge in [0.25, 0.3) is 0 Å². The van der Waals surface area contributed by atoms with Crippen LogP contribution in [0, 0.1) is 0 Å². The highest BCUT2D eigenvalue weighted by Gasteiger charge is 2.43. The maximum absolute atomic E-state index is 12.5. The minimum Gasteiger partial charge on any atom is -0.480 e. The lowest BCUT2D eigenvalue weighted by atomic mass is 10.1. The number of aliphatic carboxylic acids is 1. The van der Waals surface area contributed by atoms with Crippen molar-refractivity contribution in [2.45, 2.75) is 43.2 Å². The Labute approximate surface area is 132 Å². The van der Waals surface area contributed by atoms with E-state index in [-0.39, 0.29) is 25.9 Å². The molecule has 2 fully saturated rings. The van der Waals surface area contributed by atoms with E-state index >= 15 is 0 Å². The number of hydrogen-bond donors (Lipinski definition) is 6. The number of carboxylic acids is 1. The summed E-state index contributed by atoms with van der Waals surface area (Å²) in [6, 6.07) is -3.50. The molecule has 2 aliphatic rings. The standard InChI is InChI=1S/C13H21N3O7/c17-5-10(13(22)23)16(11(20)8-1-6(18)3-14-8)12(21)9-2-7(19)4-15-9/h6-10,14-15,17-19H,1-5H2,(H,22,23)/t6-,7-,8+,9+,10?/m1/s1. The number of carboxylic acid groups (broad SMARTS) is 1. The molecule has 0 aromatic rings. The van der Waals surface area contributed by atoms with Gasteiger partial charge in [-0.25, -0.2) is 4.79 Å². The van der Waals surface area contributed by atoms with Crippen LogP contribution in [0.3, 0.4) is 0 Å². The quantitative estimate of drug-likeness (QED) is 0.278. The van der Waals surface area contributed by atoms with Gasteiger partial charge in [0.05, 0.1) is 30.9 Å². The molecule has 2 aliphatic heterocycles. The van der Waals surface area contributed by atoms with Crippen molar-refractivity contribution in [3.05, 3.63) is 0 Å². The van der Waals surface area contributed by atoms with Crippen molar-refractivity contribution in [1.82, 2.24) is 15.5 Å². The molecule has 10 heteroatoms. The molecule has 2 amide bonds. The first kappa shape index (κ1) is 17.8. The largest absolute Gasteiger partial charge is 0.480 e. The molecule has 0 radical (unpaired) electrons. The van der Waals surface area contributed by atoms with Crippen molar-refractivity contribution in [2.75, 3.05) is 19.7 Å². The number of rotatable bonds is 5. The zero-order valence-corrected chi connectivity index (χ0v) is 12.4. The van der Waals surface area contributed by atoms with Crippen LogP contribution < -0.4 is 10.6 Å². The van der Waals surface area contributed by atoms with Gasteiger partial charge >= 0.3 is 5.97 Å². The molecule has 130 valence electrons. The Kier molecular flexibility index (Phi) is 5.65. The van der Waals surface area contributed by atoms with E-state index in [2.05, 4.69) is 10.6 Å². The van der Waals surface area contributed by atoms with Crippen LogP contribution in [0.1, 0.15) is 12.8 Å². The van der Waals surface area contributed by atoms with Gasteiger partial charge in [0.1, 0.15) is 0 Å². The van der Waals surface area contributed by atoms with Gasteiger partial charge in [-0.1, -0.05) is 0 Å². The molecule has 0 spiro atoms. The first-order valence-electron chi connectivity index (χ1n) is 7.38. The highest BCUT2D eigenvalue weighted by Crippen LogP contribution is 2.17. The van der Waals surface area contributed by atoms with Crippen LogP contribution in [-0.2, 0) is 14.4 Å². The SMILES string of the molecule is O=C(O)C(CO)N(C(=O)[C@@H]1C[C@@H](O)CN1)C(=O)[C@@H]1C[C@@H](O)CN1. The van der Waals surface area contributed by atoms with Gasteiger partial charge < -0.3 is 31.1 Å². The summed E-state index contributed by atoms with van der Waals surface area (Å²) in [7, 11) is 0. The number of carbonyl (C=O) groups excluding carboxylic acids is 2. The summed E-state index contributed by atoms with van der Waals surface area (Å²) in [6.07, 6.45) is -1.41. The number of amides is 2. The Bertz CT molecular complexity index is 454. The molecule has 0 aromatic heterocycles. The predicted molar refractivity (Wildman–Crippen MR) is 75.2 cm³/mol. The van der Waals surface area contributed by atoms with E-state index < -0.39 is 54.7 Å². The Hall–Kier alpha value is -1.59. The molecule has 2 rings (SSSR count). The summed E-state index contributed by atoms with van der Waals surface area (Å²) in [5.41, 5.74) is 0. The summed E-state index contributed by atoms with van der Waals surface area (Å²) >= 11 is 0. The molecule has 0 aliphatic carbocycles. The van der Waals surface area contributed by atoms with Crippen molar-refractivity contribution in [2.24, 2.45) is 0 Å². The maximum Gasteiger partial charge on any atom is 0.329 e. The molecular formula is C13H21N3O7. The molecule has 10 nitrogen and oxygen atoms in total. The number of nitrogens with one attached hydrogen (secondary N) is 2. The predicted octanol–water partition coefficient (Wildman–Crippen LogP) is -3.77. The van der Waals surface area contributed by atoms with Crippen LogP contribution in [0.5, 0.6) is 0 Å². The topological polar surface area (TPSA) is 159 Å². The number of carbonyl (C=O) groups is 3. The minimum absolute atomic E-state index is 0.0566. The van der Waals surface area contributed by atoms with Gasteiger partial charge in [0, 0.05) is 13.1 Å². The lowest BCUT2D eigenvalue weighted by Gasteiger charge is -2.30. The van der Waals surface area contributed by atoms with Gasteiger partial charge in [-0.2, -0.15) is 0 Å². The molecule has 0 saturated carbocycles. The normalized spacial score (nSPS) is 31.8. The smallest absolute Gasteiger partial charge is 0.329 e. The molecule has 2 heterocycles. The zero-order valence-electron chi connectivity index (χ0n) is 12.4. The molecule has 1 unspecified atom stereocenters. The number of nitrogens with zero attached hydrogens (tertiary/aromatic N) is 1. The van der Waals surface area contributed by atoms with Crippen molar-refractivity contribution in [3.8, 4) is 0 Å². The fraction of sp³-hybridized carbons (Fsp3) is 0.769. The summed E-state index contributed by atoms with van der Waals surface area (Å²) in [5, 5.41) is 42.9. The van der Waals surface area contributed by atoms with E-state index in [1.807, 2.05) is 0 Å². The number of β-amino-alcohol motifs (C(OH)–C–C–N with tert-alkyl or cyclic N) is 2. The van der Waals surface area contributed by atoms with Crippen LogP contribution >= 0.6 is 0 Å². The summed E-state index contributed by atoms with van der Waals surface area (Å²) in [4.78, 5) is 36.9. The van der Waals surface area contributed by atoms with Crippen LogP contribution in [0.15, 0.2) is 0 Å². The number of aliphatic hydroxyl groups excluding tert-OH is 3. The first-order valence-corrected chi connectivity index (χ1v) is 7.38. The van der Waals surface area contributed by atoms with Crippen LogP contribution in [0.2, 0.25) is 0 Å². The Morgan fingerprint density at radius 3 is 1.70 bits per heavy atom. The van der Waals surface area contributed by atoms with Gasteiger partial charge in [-0.05, 0) is 12.8 Å². The van der Waals surface area contributed by atoms with Gasteiger partial charge in [0.2, 0.25) is 11.8 Å². The van der Waals surface area contributed by atoms with Crippen LogP contribution in [-0.4, -0.2) is 93.1 Å². The molecule has 5 atom stereocenters. The Morgan fingerprint density at radius 1 is 1.00 bits per heavy atom. The molecule has 6 N–H and O–H groups in total. The lowest BCUT2D eigenvalue weighted by molar-refractivity contribution is -0.161. The highest BCUT2D eigenvalue weighted by atomic mass is 16.4. The summed E-state index contributed by atoms with van der Waals surface area (Å²) < 4.78 is 0. The van der Waals surface area contributed by atoms with Crippen molar-refractivity contribution in [3.63, 3.8) is 0 Å². The molecule has 0 aromatic carbocycles. The highest BCUT2D eigenvalue weighted by molar-refractivity contribution is 6.03. The van der Waals surface area contributed by atoms with Gasteiger partial charge in [-0.15, -0.1) is 0 Å². The van der Waals surface area contributed by atoms with E-state index in [0.29, 0.717) is 4.90 Å². The third-order valence-corrected chi connectivity index (χ3v) is 4.06. The van der Waals surface area contributed by atoms with Gasteiger partial charge in [0.15, 0.2) is 6.04 Å². The van der Waals surface area contributed by atoms with E-state index in [0.717, 1.165) is 0 Å². The Balaban J connectivity index is 2.22. The van der Waals surface area contributed by atoms with Crippen molar-refractivity contribution in [1.29, 1.82) is 0 Å². The van der Waals surface area contributed by atoms with Crippen molar-refractivity contribution >= 4 is 17.8 Å². The molecule has 23 heavy (non-hydrogen) atoms. The molecular weight excluding hydrogens is 310 g/mol. The van der Waals surface area contributed by atoms with Gasteiger partial charge in [-0.3, -0.25) is 14.5 Å². The molecule has 2 saturated heterocycles. The Morgan fingerprint density at radius 2 is 1.43 bits per heavy atom. The third kappa shape index (κ3) is 3.85. The average Bonchev–Trinajstić information content (AvgIpc) is 3.11. The van der Waals surface area contributed by atoms with Crippen molar-refractivity contribution < 1.29 is 34.8 Å². The van der Waals surface area contributed by atoms with Crippen LogP contribution in [0.25, 0.3) is 0 Å². The second-order valence-corrected chi connectivity index (χ2v) is 5.78. The fourth-order valence-electron chi connectivity index (χ4n) is 2.83. The van der Waals surface area contributed by atoms with E-state index in [1.54, 1.807) is 0 Å². The second kappa shape index (κ2) is 7.32. The average molecular weight is 331 g/mol. The zero-order chi connectivity index (χ0) is 17.1. The van der Waals surface area contributed by atoms with E-state index in [1.165, 1.54) is 0 Å². The van der Waals surface area contributed by atoms with E-state index in [9.17, 15) is 34.8 Å². The monoisotopic (exact) mass is 331 g/mol. The number of imide groups is 1. The first-order chi connectivity index (χ1) is 10.8. The summed E-state index contributed by atoms with van der Waals surface area (Å²) in [5.74, 6) is -3.13. The molecule has 0 bridgehead atoms. The number of hydrogen-bond acceptors (Lipinski definition) is 8. The fourth-order valence-corrected chi connectivity index (χ4v) is 2.83. The second-order valence-electron chi connectivity index (χ2n) is 5.78. The van der Waals surface area contributed by atoms with E-state index in [4.69, 9.17) is 0 Å². The third-order valence-electron chi connectivity index (χ3n) is 4.06. The van der Waals surface area contributed by atoms with Crippen LogP contribution in [0.4, 0.5) is 0 Å². The number of aliphatic hydroxyl groups is 3.